The van der Waals surface area contributed by atoms with Gasteiger partial charge in [-0.05, 0) is 23.7 Å². The lowest BCUT2D eigenvalue weighted by atomic mass is 10.3. The van der Waals surface area contributed by atoms with Gasteiger partial charge in [0.15, 0.2) is 11.5 Å². The van der Waals surface area contributed by atoms with E-state index in [-0.39, 0.29) is 10.8 Å². The van der Waals surface area contributed by atoms with Crippen LogP contribution in [0.5, 0.6) is 0 Å². The van der Waals surface area contributed by atoms with Crippen molar-refractivity contribution >= 4 is 40.4 Å². The van der Waals surface area contributed by atoms with Crippen LogP contribution in [0.15, 0.2) is 23.1 Å². The van der Waals surface area contributed by atoms with Crippen LogP contribution in [0.4, 0.5) is 17.2 Å². The van der Waals surface area contributed by atoms with Crippen LogP contribution >= 0.6 is 23.2 Å². The van der Waals surface area contributed by atoms with Gasteiger partial charge in [-0.2, -0.15) is 4.98 Å². The van der Waals surface area contributed by atoms with Gasteiger partial charge in [0, 0.05) is 0 Å². The van der Waals surface area contributed by atoms with E-state index in [0.717, 1.165) is 5.69 Å². The maximum Gasteiger partial charge on any atom is 0.278 e. The van der Waals surface area contributed by atoms with E-state index in [1.165, 1.54) is 0 Å². The molecule has 6 nitrogen and oxygen atoms in total. The number of fused-ring (bicyclic) bond motifs is 1. The van der Waals surface area contributed by atoms with Gasteiger partial charge in [0.1, 0.15) is 11.8 Å². The average molecular weight is 283 g/mol. The van der Waals surface area contributed by atoms with E-state index >= 15 is 0 Å². The number of aromatic nitrogens is 3. The van der Waals surface area contributed by atoms with Crippen LogP contribution in [0, 0.1) is 0 Å². The number of pyridine rings is 1. The molecular formula is C10H6Cl2N5O. The number of hydrogen-bond acceptors (Lipinski definition) is 4. The monoisotopic (exact) mass is 282 g/mol. The minimum Gasteiger partial charge on any atom is -0.312 e. The predicted molar refractivity (Wildman–Crippen MR) is 67.9 cm³/mol. The molecule has 0 aromatic carbocycles. The number of nitrogens with zero attached hydrogens (tertiary/aromatic N) is 4. The Morgan fingerprint density at radius 3 is 2.89 bits per heavy atom. The molecule has 3 heterocycles. The van der Waals surface area contributed by atoms with Crippen LogP contribution in [0.3, 0.4) is 0 Å². The fraction of sp³-hybridized carbons (Fsp3) is 0.100. The van der Waals surface area contributed by atoms with Gasteiger partial charge in [0.2, 0.25) is 5.28 Å². The summed E-state index contributed by atoms with van der Waals surface area (Å²) >= 11 is 11.4. The molecule has 0 bridgehead atoms. The summed E-state index contributed by atoms with van der Waals surface area (Å²) in [5, 5.41) is 4.56. The highest BCUT2D eigenvalue weighted by Gasteiger charge is 2.27. The van der Waals surface area contributed by atoms with E-state index in [0.29, 0.717) is 23.3 Å². The summed E-state index contributed by atoms with van der Waals surface area (Å²) < 4.78 is 0. The zero-order valence-corrected chi connectivity index (χ0v) is 10.4. The number of aromatic amines is 1. The van der Waals surface area contributed by atoms with Gasteiger partial charge in [-0.25, -0.2) is 10.3 Å². The lowest BCUT2D eigenvalue weighted by molar-refractivity contribution is 0.886. The van der Waals surface area contributed by atoms with E-state index in [1.807, 2.05) is 0 Å². The van der Waals surface area contributed by atoms with Gasteiger partial charge >= 0.3 is 0 Å². The lowest BCUT2D eigenvalue weighted by Crippen LogP contribution is -2.22. The van der Waals surface area contributed by atoms with Gasteiger partial charge in [0.25, 0.3) is 5.56 Å². The van der Waals surface area contributed by atoms with Crippen molar-refractivity contribution in [3.05, 3.63) is 39.1 Å². The van der Waals surface area contributed by atoms with Crippen molar-refractivity contribution in [1.82, 2.24) is 20.3 Å². The Kier molecular flexibility index (Phi) is 2.61. The minimum atomic E-state index is -0.332. The number of rotatable bonds is 1. The Labute approximate surface area is 112 Å². The second kappa shape index (κ2) is 4.15. The van der Waals surface area contributed by atoms with Crippen LogP contribution in [-0.2, 0) is 0 Å². The lowest BCUT2D eigenvalue weighted by Gasteiger charge is -2.15. The number of H-pyrrole nitrogens is 1. The van der Waals surface area contributed by atoms with Gasteiger partial charge in [-0.15, -0.1) is 0 Å². The third-order valence-corrected chi connectivity index (χ3v) is 2.91. The van der Waals surface area contributed by atoms with Gasteiger partial charge in [-0.1, -0.05) is 11.6 Å². The first-order valence-corrected chi connectivity index (χ1v) is 5.77. The number of nitrogens with one attached hydrogen (secondary N) is 1. The molecule has 0 aliphatic carbocycles. The minimum absolute atomic E-state index is 0.0265. The van der Waals surface area contributed by atoms with Crippen LogP contribution in [0.25, 0.3) is 0 Å². The Hall–Kier alpha value is -1.79. The zero-order chi connectivity index (χ0) is 12.7. The Morgan fingerprint density at radius 1 is 1.33 bits per heavy atom. The van der Waals surface area contributed by atoms with E-state index in [1.54, 1.807) is 23.2 Å². The molecule has 0 saturated carbocycles. The number of halogens is 2. The van der Waals surface area contributed by atoms with Crippen molar-refractivity contribution in [2.24, 2.45) is 0 Å². The summed E-state index contributed by atoms with van der Waals surface area (Å²) in [6.45, 7) is 0.301. The highest BCUT2D eigenvalue weighted by molar-refractivity contribution is 6.29. The molecule has 1 radical (unpaired) electrons. The van der Waals surface area contributed by atoms with Crippen LogP contribution < -0.4 is 15.8 Å². The molecule has 1 aliphatic heterocycles. The van der Waals surface area contributed by atoms with Crippen LogP contribution in [0.2, 0.25) is 10.4 Å². The molecule has 0 saturated heterocycles. The maximum atomic E-state index is 11.9. The first-order chi connectivity index (χ1) is 8.65. The molecule has 0 amide bonds. The molecule has 1 aliphatic rings. The highest BCUT2D eigenvalue weighted by atomic mass is 35.5. The topological polar surface area (TPSA) is 76.0 Å². The largest absolute Gasteiger partial charge is 0.312 e. The van der Waals surface area contributed by atoms with E-state index in [2.05, 4.69) is 20.3 Å². The summed E-state index contributed by atoms with van der Waals surface area (Å²) in [5.41, 5.74) is 0.751. The predicted octanol–water partition coefficient (Wildman–Crippen LogP) is 1.82. The zero-order valence-electron chi connectivity index (χ0n) is 8.89. The maximum absolute atomic E-state index is 11.9. The molecule has 91 valence electrons. The summed E-state index contributed by atoms with van der Waals surface area (Å²) in [4.78, 5) is 23.9. The molecule has 18 heavy (non-hydrogen) atoms. The molecule has 2 aromatic heterocycles. The quantitative estimate of drug-likeness (QED) is 0.639. The van der Waals surface area contributed by atoms with Crippen molar-refractivity contribution in [2.45, 2.75) is 0 Å². The third-order valence-electron chi connectivity index (χ3n) is 2.50. The number of hydrogen-bond donors (Lipinski definition) is 1. The van der Waals surface area contributed by atoms with Gasteiger partial charge in [-0.3, -0.25) is 9.78 Å². The van der Waals surface area contributed by atoms with E-state index < -0.39 is 0 Å². The first kappa shape index (κ1) is 11.3. The second-order valence-corrected chi connectivity index (χ2v) is 4.34. The first-order valence-electron chi connectivity index (χ1n) is 5.01. The summed E-state index contributed by atoms with van der Waals surface area (Å²) in [6, 6.07) is 3.40. The molecule has 0 fully saturated rings. The molecule has 0 atom stereocenters. The molecule has 0 spiro atoms. The molecule has 0 unspecified atom stereocenters. The summed E-state index contributed by atoms with van der Waals surface area (Å²) in [5.74, 6) is 0.332. The molecule has 1 N–H and O–H groups in total. The van der Waals surface area contributed by atoms with Crippen LogP contribution in [0.1, 0.15) is 0 Å². The van der Waals surface area contributed by atoms with Gasteiger partial charge < -0.3 is 4.90 Å². The Balaban J connectivity index is 2.10. The molecule has 3 rings (SSSR count). The fourth-order valence-corrected chi connectivity index (χ4v) is 2.01. The second-order valence-electron chi connectivity index (χ2n) is 3.60. The summed E-state index contributed by atoms with van der Waals surface area (Å²) in [7, 11) is 0. The normalized spacial score (nSPS) is 13.3. The van der Waals surface area contributed by atoms with Crippen LogP contribution in [-0.4, -0.2) is 21.6 Å². The average Bonchev–Trinajstić information content (AvgIpc) is 2.74. The fourth-order valence-electron chi connectivity index (χ4n) is 1.73. The standard InChI is InChI=1S/C10H6Cl2N5O/c11-6-2-1-5(3-13-6)17-4-14-8-7(17)9(18)16-10(12)15-8/h1-3H,4H2,(H,15,16,18). The third kappa shape index (κ3) is 1.79. The Morgan fingerprint density at radius 2 is 2.17 bits per heavy atom. The van der Waals surface area contributed by atoms with Gasteiger partial charge in [0.05, 0.1) is 11.9 Å². The van der Waals surface area contributed by atoms with E-state index in [9.17, 15) is 4.79 Å². The highest BCUT2D eigenvalue weighted by Crippen LogP contribution is 2.32. The Bertz CT molecular complexity index is 654. The van der Waals surface area contributed by atoms with Crippen molar-refractivity contribution < 1.29 is 0 Å². The van der Waals surface area contributed by atoms with E-state index in [4.69, 9.17) is 23.2 Å². The molecular weight excluding hydrogens is 277 g/mol. The van der Waals surface area contributed by atoms with Crippen molar-refractivity contribution in [3.8, 4) is 0 Å². The molecule has 2 aromatic rings. The summed E-state index contributed by atoms with van der Waals surface area (Å²) in [6.07, 6.45) is 1.57. The SMILES string of the molecule is O=c1[nH]c(Cl)nc2c1N(c1ccc(Cl)nc1)C[N]2. The van der Waals surface area contributed by atoms with Crippen molar-refractivity contribution in [1.29, 1.82) is 0 Å². The molecule has 8 heteroatoms. The smallest absolute Gasteiger partial charge is 0.278 e. The van der Waals surface area contributed by atoms with Crippen molar-refractivity contribution in [2.75, 3.05) is 11.6 Å². The number of anilines is 2. The van der Waals surface area contributed by atoms with Crippen molar-refractivity contribution in [3.63, 3.8) is 0 Å².